The van der Waals surface area contributed by atoms with Gasteiger partial charge in [-0.1, -0.05) is 66.7 Å². The van der Waals surface area contributed by atoms with Gasteiger partial charge in [-0.25, -0.2) is 22.7 Å². The smallest absolute Gasteiger partial charge is 0.475 e. The van der Waals surface area contributed by atoms with E-state index in [1.807, 2.05) is 48.5 Å². The lowest BCUT2D eigenvalue weighted by Crippen LogP contribution is -2.42. The average Bonchev–Trinajstić information content (AvgIpc) is 3.00. The molecule has 1 aliphatic rings. The van der Waals surface area contributed by atoms with Crippen LogP contribution in [-0.2, 0) is 32.7 Å². The molecule has 0 atom stereocenters. The number of hydrogen-bond acceptors (Lipinski definition) is 6. The van der Waals surface area contributed by atoms with Crippen LogP contribution in [0.5, 0.6) is 0 Å². The first-order chi connectivity index (χ1) is 21.5. The second kappa shape index (κ2) is 17.4. The zero-order valence-corrected chi connectivity index (χ0v) is 24.9. The molecule has 0 bridgehead atoms. The molecule has 16 heteroatoms. The second-order valence-corrected chi connectivity index (χ2v) is 11.3. The van der Waals surface area contributed by atoms with E-state index in [0.717, 1.165) is 55.0 Å². The molecule has 0 aliphatic carbocycles. The van der Waals surface area contributed by atoms with Crippen molar-refractivity contribution in [3.05, 3.63) is 101 Å². The summed E-state index contributed by atoms with van der Waals surface area (Å²) < 4.78 is 90.9. The number of aliphatic carboxylic acids is 2. The molecule has 1 saturated heterocycles. The highest BCUT2D eigenvalue weighted by molar-refractivity contribution is 7.92. The maximum absolute atomic E-state index is 12.4. The number of benzene rings is 3. The molecular formula is C30H31F6N3O6S. The number of rotatable bonds is 8. The fourth-order valence-electron chi connectivity index (χ4n) is 3.80. The number of piperazine rings is 1. The molecule has 0 unspecified atom stereocenters. The quantitative estimate of drug-likeness (QED) is 0.242. The summed E-state index contributed by atoms with van der Waals surface area (Å²) in [6.07, 6.45) is -8.57. The summed E-state index contributed by atoms with van der Waals surface area (Å²) in [5.41, 5.74) is 5.30. The standard InChI is InChI=1S/C26H29N3O2S.2C2HF3O2/c30-32(31,17-12-22-6-2-1-3-7-22)28-20-23-8-4-10-25(18-23)26-11-5-9-24(19-26)21-29-15-13-27-14-16-29;2*3-2(4,5)1(6)7/h1-12,17-19,27-28H,13-16,20-21H2;2*(H,6,7)/b17-12+;;. The SMILES string of the molecule is O=C(O)C(F)(F)F.O=C(O)C(F)(F)F.O=S(=O)(/C=C/c1ccccc1)NCc1cccc(-c2cccc(CN3CCNCC3)c2)c1. The van der Waals surface area contributed by atoms with Crippen LogP contribution in [-0.4, -0.2) is 74.0 Å². The van der Waals surface area contributed by atoms with Gasteiger partial charge in [-0.3, -0.25) is 4.90 Å². The van der Waals surface area contributed by atoms with Gasteiger partial charge in [0.15, 0.2) is 0 Å². The van der Waals surface area contributed by atoms with E-state index in [-0.39, 0.29) is 6.54 Å². The number of nitrogens with zero attached hydrogens (tertiary/aromatic N) is 1. The summed E-state index contributed by atoms with van der Waals surface area (Å²) in [4.78, 5) is 20.3. The molecular weight excluding hydrogens is 644 g/mol. The number of sulfonamides is 1. The Morgan fingerprint density at radius 1 is 0.783 bits per heavy atom. The van der Waals surface area contributed by atoms with Crippen LogP contribution >= 0.6 is 0 Å². The molecule has 0 saturated carbocycles. The van der Waals surface area contributed by atoms with Crippen LogP contribution in [0, 0.1) is 0 Å². The number of carboxylic acids is 2. The molecule has 0 amide bonds. The number of carboxylic acid groups (broad SMARTS) is 2. The minimum absolute atomic E-state index is 0.246. The molecule has 4 rings (SSSR count). The van der Waals surface area contributed by atoms with Gasteiger partial charge in [0.2, 0.25) is 10.0 Å². The van der Waals surface area contributed by atoms with Gasteiger partial charge in [0.25, 0.3) is 0 Å². The van der Waals surface area contributed by atoms with E-state index < -0.39 is 34.3 Å². The average molecular weight is 676 g/mol. The summed E-state index contributed by atoms with van der Waals surface area (Å²) in [6, 6.07) is 26.0. The first kappa shape index (κ1) is 37.9. The van der Waals surface area contributed by atoms with Gasteiger partial charge in [-0.15, -0.1) is 0 Å². The van der Waals surface area contributed by atoms with Crippen molar-refractivity contribution in [3.8, 4) is 11.1 Å². The lowest BCUT2D eigenvalue weighted by Gasteiger charge is -2.27. The van der Waals surface area contributed by atoms with E-state index in [4.69, 9.17) is 19.8 Å². The van der Waals surface area contributed by atoms with Crippen molar-refractivity contribution < 1.29 is 54.6 Å². The molecule has 4 N–H and O–H groups in total. The number of halogens is 6. The third kappa shape index (κ3) is 14.7. The van der Waals surface area contributed by atoms with Gasteiger partial charge in [0.05, 0.1) is 0 Å². The normalized spacial score (nSPS) is 14.0. The first-order valence-corrected chi connectivity index (χ1v) is 15.0. The molecule has 0 radical (unpaired) electrons. The summed E-state index contributed by atoms with van der Waals surface area (Å²) in [6.45, 7) is 5.41. The summed E-state index contributed by atoms with van der Waals surface area (Å²) in [5.74, 6) is -5.51. The van der Waals surface area contributed by atoms with Gasteiger partial charge in [0.1, 0.15) is 0 Å². The fraction of sp³-hybridized carbons (Fsp3) is 0.267. The van der Waals surface area contributed by atoms with Crippen molar-refractivity contribution in [2.24, 2.45) is 0 Å². The summed E-state index contributed by atoms with van der Waals surface area (Å²) in [5, 5.41) is 18.9. The molecule has 3 aromatic carbocycles. The van der Waals surface area contributed by atoms with Gasteiger partial charge in [-0.2, -0.15) is 26.3 Å². The molecule has 1 aliphatic heterocycles. The van der Waals surface area contributed by atoms with Gasteiger partial charge >= 0.3 is 24.3 Å². The molecule has 1 fully saturated rings. The Hall–Kier alpha value is -4.25. The topological polar surface area (TPSA) is 136 Å². The molecule has 46 heavy (non-hydrogen) atoms. The summed E-state index contributed by atoms with van der Waals surface area (Å²) >= 11 is 0. The monoisotopic (exact) mass is 675 g/mol. The largest absolute Gasteiger partial charge is 0.490 e. The summed E-state index contributed by atoms with van der Waals surface area (Å²) in [7, 11) is -3.52. The number of nitrogens with one attached hydrogen (secondary N) is 2. The molecule has 9 nitrogen and oxygen atoms in total. The first-order valence-electron chi connectivity index (χ1n) is 13.4. The van der Waals surface area contributed by atoms with Crippen LogP contribution in [0.4, 0.5) is 26.3 Å². The highest BCUT2D eigenvalue weighted by Gasteiger charge is 2.38. The van der Waals surface area contributed by atoms with Crippen LogP contribution in [0.1, 0.15) is 16.7 Å². The number of hydrogen-bond donors (Lipinski definition) is 4. The van der Waals surface area contributed by atoms with E-state index in [1.165, 1.54) is 11.0 Å². The molecule has 0 aromatic heterocycles. The molecule has 250 valence electrons. The van der Waals surface area contributed by atoms with Crippen molar-refractivity contribution in [1.29, 1.82) is 0 Å². The Bertz CT molecular complexity index is 1540. The Labute approximate surface area is 261 Å². The van der Waals surface area contributed by atoms with Gasteiger partial charge in [-0.05, 0) is 46.0 Å². The minimum atomic E-state index is -5.08. The zero-order valence-electron chi connectivity index (χ0n) is 24.1. The van der Waals surface area contributed by atoms with E-state index in [0.29, 0.717) is 0 Å². The Balaban J connectivity index is 0.000000440. The number of alkyl halides is 6. The predicted molar refractivity (Wildman–Crippen MR) is 159 cm³/mol. The molecule has 0 spiro atoms. The van der Waals surface area contributed by atoms with E-state index >= 15 is 0 Å². The van der Waals surface area contributed by atoms with E-state index in [1.54, 1.807) is 6.08 Å². The third-order valence-corrected chi connectivity index (χ3v) is 7.05. The van der Waals surface area contributed by atoms with Gasteiger partial charge in [0, 0.05) is 44.7 Å². The maximum Gasteiger partial charge on any atom is 0.490 e. The Kier molecular flexibility index (Phi) is 14.4. The lowest BCUT2D eigenvalue weighted by molar-refractivity contribution is -0.193. The molecule has 1 heterocycles. The van der Waals surface area contributed by atoms with Crippen molar-refractivity contribution in [1.82, 2.24) is 14.9 Å². The minimum Gasteiger partial charge on any atom is -0.475 e. The highest BCUT2D eigenvalue weighted by Crippen LogP contribution is 2.23. The Morgan fingerprint density at radius 3 is 1.76 bits per heavy atom. The Morgan fingerprint density at radius 2 is 1.26 bits per heavy atom. The van der Waals surface area contributed by atoms with Crippen LogP contribution in [0.2, 0.25) is 0 Å². The van der Waals surface area contributed by atoms with E-state index in [9.17, 15) is 34.8 Å². The van der Waals surface area contributed by atoms with Crippen LogP contribution in [0.3, 0.4) is 0 Å². The van der Waals surface area contributed by atoms with E-state index in [2.05, 4.69) is 45.3 Å². The molecule has 3 aromatic rings. The zero-order chi connectivity index (χ0) is 34.4. The maximum atomic E-state index is 12.4. The van der Waals surface area contributed by atoms with Crippen molar-refractivity contribution in [2.45, 2.75) is 25.4 Å². The fourth-order valence-corrected chi connectivity index (χ4v) is 4.60. The van der Waals surface area contributed by atoms with Crippen molar-refractivity contribution in [3.63, 3.8) is 0 Å². The highest BCUT2D eigenvalue weighted by atomic mass is 32.2. The van der Waals surface area contributed by atoms with Crippen LogP contribution in [0.15, 0.2) is 84.3 Å². The van der Waals surface area contributed by atoms with Crippen LogP contribution < -0.4 is 10.0 Å². The van der Waals surface area contributed by atoms with Gasteiger partial charge < -0.3 is 15.5 Å². The van der Waals surface area contributed by atoms with Crippen molar-refractivity contribution >= 4 is 28.0 Å². The van der Waals surface area contributed by atoms with Crippen LogP contribution in [0.25, 0.3) is 17.2 Å². The second-order valence-electron chi connectivity index (χ2n) is 9.61. The lowest BCUT2D eigenvalue weighted by atomic mass is 10.0. The van der Waals surface area contributed by atoms with Crippen molar-refractivity contribution in [2.75, 3.05) is 26.2 Å². The third-order valence-electron chi connectivity index (χ3n) is 6.00. The number of carbonyl (C=O) groups is 2. The predicted octanol–water partition coefficient (Wildman–Crippen LogP) is 5.12.